The molecule has 0 aliphatic heterocycles. The Morgan fingerprint density at radius 1 is 0.556 bits per heavy atom. The summed E-state index contributed by atoms with van der Waals surface area (Å²) in [5.74, 6) is 0. The molecule has 0 saturated carbocycles. The molecule has 0 aliphatic rings. The molecule has 2 unspecified atom stereocenters. The summed E-state index contributed by atoms with van der Waals surface area (Å²) in [5, 5.41) is 0. The summed E-state index contributed by atoms with van der Waals surface area (Å²) in [4.78, 5) is 0. The largest absolute Gasteiger partial charge is 0.143 e. The molecule has 2 radical (unpaired) electrons. The van der Waals surface area contributed by atoms with Gasteiger partial charge in [0, 0.05) is 50.4 Å². The van der Waals surface area contributed by atoms with E-state index in [1.165, 1.54) is 75.5 Å². The molecule has 0 aromatic rings. The average molecular weight is 988 g/mol. The van der Waals surface area contributed by atoms with Crippen LogP contribution in [0.4, 0.5) is 0 Å². The second-order valence-electron chi connectivity index (χ2n) is 9.14. The van der Waals surface area contributed by atoms with Crippen molar-refractivity contribution >= 4 is 54.9 Å². The summed E-state index contributed by atoms with van der Waals surface area (Å²) in [7, 11) is 0.438. The van der Waals surface area contributed by atoms with Crippen molar-refractivity contribution in [3.8, 4) is 0 Å². The number of rotatable bonds is 20. The van der Waals surface area contributed by atoms with Crippen molar-refractivity contribution in [1.82, 2.24) is 0 Å². The second-order valence-corrected chi connectivity index (χ2v) is 23.3. The van der Waals surface area contributed by atoms with E-state index in [9.17, 15) is 0 Å². The van der Waals surface area contributed by atoms with E-state index in [0.29, 0.717) is 21.5 Å². The van der Waals surface area contributed by atoms with Crippen LogP contribution in [0.5, 0.6) is 0 Å². The fourth-order valence-electron chi connectivity index (χ4n) is 4.84. The van der Waals surface area contributed by atoms with Crippen LogP contribution in [0.25, 0.3) is 0 Å². The van der Waals surface area contributed by atoms with Gasteiger partial charge in [-0.2, -0.15) is 0 Å². The predicted molar refractivity (Wildman–Crippen MR) is 178 cm³/mol. The summed E-state index contributed by atoms with van der Waals surface area (Å²) >= 11 is 13.7. The van der Waals surface area contributed by atoms with Gasteiger partial charge in [0.05, 0.1) is 0 Å². The summed E-state index contributed by atoms with van der Waals surface area (Å²) in [6, 6.07) is 0. The first-order valence-electron chi connectivity index (χ1n) is 14.5. The van der Waals surface area contributed by atoms with Crippen molar-refractivity contribution in [3.05, 3.63) is 0 Å². The molecule has 0 spiro atoms. The molecule has 230 valence electrons. The maximum absolute atomic E-state index is 6.87. The maximum atomic E-state index is 6.87. The first-order valence-corrected chi connectivity index (χ1v) is 22.5. The fourth-order valence-corrected chi connectivity index (χ4v) is 17.8. The van der Waals surface area contributed by atoms with E-state index < -0.39 is 4.07 Å². The summed E-state index contributed by atoms with van der Waals surface area (Å²) in [5.41, 5.74) is 1.63. The summed E-state index contributed by atoms with van der Waals surface area (Å²) in [6.07, 6.45) is 20.3. The molecule has 0 rings (SSSR count). The van der Waals surface area contributed by atoms with Gasteiger partial charge < -0.3 is 0 Å². The molecule has 0 bridgehead atoms. The molecule has 0 aliphatic carbocycles. The molecule has 2 atom stereocenters. The summed E-state index contributed by atoms with van der Waals surface area (Å²) < 4.78 is -0.453. The van der Waals surface area contributed by atoms with E-state index in [1.54, 1.807) is 6.16 Å². The quantitative estimate of drug-likeness (QED) is 0.0648. The molecule has 0 heterocycles. The zero-order valence-electron chi connectivity index (χ0n) is 25.4. The Hall–Kier alpha value is 3.78. The van der Waals surface area contributed by atoms with E-state index in [4.69, 9.17) is 23.2 Å². The van der Waals surface area contributed by atoms with Gasteiger partial charge in [-0.1, -0.05) is 126 Å². The van der Waals surface area contributed by atoms with Crippen LogP contribution < -0.4 is 0 Å². The zero-order valence-corrected chi connectivity index (χ0v) is 34.8. The van der Waals surface area contributed by atoms with Crippen LogP contribution in [0, 0.1) is 0 Å². The van der Waals surface area contributed by atoms with Crippen LogP contribution in [0.1, 0.15) is 108 Å². The van der Waals surface area contributed by atoms with Crippen LogP contribution in [0.15, 0.2) is 0 Å². The van der Waals surface area contributed by atoms with Gasteiger partial charge in [0.15, 0.2) is 0 Å². The molecule has 0 fully saturated rings. The van der Waals surface area contributed by atoms with E-state index in [1.807, 2.05) is 0 Å². The molecule has 0 amide bonds. The predicted octanol–water partition coefficient (Wildman–Crippen LogP) is 12.3. The van der Waals surface area contributed by atoms with Crippen molar-refractivity contribution in [2.24, 2.45) is 0 Å². The van der Waals surface area contributed by atoms with Gasteiger partial charge >= 0.3 is 0 Å². The Kier molecular flexibility index (Phi) is 39.3. The maximum Gasteiger partial charge on any atom is 0.143 e. The Morgan fingerprint density at radius 3 is 1.31 bits per heavy atom. The van der Waals surface area contributed by atoms with Crippen LogP contribution in [-0.4, -0.2) is 70.8 Å². The second kappa shape index (κ2) is 30.2. The minimum atomic E-state index is -0.453. The van der Waals surface area contributed by atoms with Crippen molar-refractivity contribution in [2.75, 3.05) is 55.5 Å². The van der Waals surface area contributed by atoms with Gasteiger partial charge in [0.2, 0.25) is 0 Å². The van der Waals surface area contributed by atoms with Crippen LogP contribution >= 0.6 is 54.9 Å². The topological polar surface area (TPSA) is 0 Å². The van der Waals surface area contributed by atoms with Crippen molar-refractivity contribution in [2.45, 2.75) is 123 Å². The molecule has 0 aromatic carbocycles. The van der Waals surface area contributed by atoms with Crippen LogP contribution in [0.2, 0.25) is 0 Å². The van der Waals surface area contributed by atoms with Gasteiger partial charge in [-0.3, -0.25) is 0 Å². The van der Waals surface area contributed by atoms with E-state index in [-0.39, 0.29) is 60.6 Å². The third kappa shape index (κ3) is 19.1. The molecular formula is C28H62Au2Cl2P4. The number of alkyl halides is 2. The molecule has 0 saturated heterocycles. The van der Waals surface area contributed by atoms with Gasteiger partial charge in [0.25, 0.3) is 0 Å². The number of hydrogen-bond donors (Lipinski definition) is 0. The monoisotopic (exact) mass is 986 g/mol. The van der Waals surface area contributed by atoms with Crippen molar-refractivity contribution < 1.29 is 44.8 Å². The van der Waals surface area contributed by atoms with E-state index in [0.717, 1.165) is 18.0 Å². The fraction of sp³-hybridized carbons (Fsp3) is 1.00. The molecule has 36 heavy (non-hydrogen) atoms. The van der Waals surface area contributed by atoms with Gasteiger partial charge in [-0.25, -0.2) is 0 Å². The minimum Gasteiger partial charge on any atom is -0.107 e. The first-order chi connectivity index (χ1) is 16.2. The number of hydrogen-bond acceptors (Lipinski definition) is 0. The Labute approximate surface area is 275 Å². The third-order valence-electron chi connectivity index (χ3n) is 7.25. The zero-order chi connectivity index (χ0) is 26.6. The molecule has 0 aromatic heterocycles. The first kappa shape index (κ1) is 46.7. The minimum absolute atomic E-state index is 0. The molecule has 0 N–H and O–H groups in total. The van der Waals surface area contributed by atoms with Crippen LogP contribution in [-0.2, 0) is 44.8 Å². The Balaban J connectivity index is -0.000000271. The van der Waals surface area contributed by atoms with E-state index in [2.05, 4.69) is 69.2 Å². The normalized spacial score (nSPS) is 13.3. The third-order valence-corrected chi connectivity index (χ3v) is 21.7. The smallest absolute Gasteiger partial charge is 0.107 e. The van der Waals surface area contributed by atoms with Gasteiger partial charge in [0.1, 0.15) is 4.07 Å². The van der Waals surface area contributed by atoms with Crippen LogP contribution in [0.3, 0.4) is 0 Å². The molecule has 0 nitrogen and oxygen atoms in total. The SMILES string of the molecule is CCCCC(CP(CC)CC)P(CC)CC.CCCCC(P(CC)CC)C(Cl)(Cl)P(CC)CC.[Au].[Au]. The number of unbranched alkanes of at least 4 members (excludes halogenated alkanes) is 2. The van der Waals surface area contributed by atoms with E-state index >= 15 is 0 Å². The summed E-state index contributed by atoms with van der Waals surface area (Å²) in [6.45, 7) is 23.3. The Morgan fingerprint density at radius 2 is 0.972 bits per heavy atom. The van der Waals surface area contributed by atoms with Gasteiger partial charge in [-0.05, 0) is 74.0 Å². The average Bonchev–Trinajstić information content (AvgIpc) is 2.84. The van der Waals surface area contributed by atoms with Crippen molar-refractivity contribution in [3.63, 3.8) is 0 Å². The van der Waals surface area contributed by atoms with Crippen molar-refractivity contribution in [1.29, 1.82) is 0 Å². The van der Waals surface area contributed by atoms with Gasteiger partial charge in [-0.15, -0.1) is 23.8 Å². The number of halogens is 2. The molecule has 8 heteroatoms. The Bertz CT molecular complexity index is 432. The standard InChI is InChI=1S/C14H30Cl2P2.C14H32P2.2Au/c1-6-11-12-13(17(7-2)8-3)14(15,16)18(9-4)10-5;1-6-11-12-14(16(9-4)10-5)13-15(7-2)8-3;;/h13H,6-12H2,1-5H3;14H,6-13H2,1-5H3;;. The molecular weight excluding hydrogens is 925 g/mol.